The van der Waals surface area contributed by atoms with Crippen molar-refractivity contribution in [1.82, 2.24) is 5.32 Å². The second-order valence-electron chi connectivity index (χ2n) is 6.74. The van der Waals surface area contributed by atoms with E-state index in [0.717, 1.165) is 24.5 Å². The van der Waals surface area contributed by atoms with E-state index in [9.17, 15) is 0 Å². The maximum atomic E-state index is 5.44. The molecule has 0 fully saturated rings. The van der Waals surface area contributed by atoms with Crippen LogP contribution >= 0.6 is 0 Å². The molecule has 1 aromatic carbocycles. The number of nitrogens with one attached hydrogen (secondary N) is 1. The summed E-state index contributed by atoms with van der Waals surface area (Å²) in [6, 6.07) is 6.27. The van der Waals surface area contributed by atoms with Crippen LogP contribution < -0.4 is 14.8 Å². The lowest BCUT2D eigenvalue weighted by atomic mass is 9.85. The topological polar surface area (TPSA) is 30.5 Å². The predicted octanol–water partition coefficient (Wildman–Crippen LogP) is 4.22. The Balaban J connectivity index is 3.02. The third-order valence-electron chi connectivity index (χ3n) is 4.02. The van der Waals surface area contributed by atoms with Gasteiger partial charge in [0, 0.05) is 12.1 Å². The normalized spacial score (nSPS) is 14.6. The lowest BCUT2D eigenvalue weighted by Gasteiger charge is -2.29. The molecular weight excluding hydrogens is 262 g/mol. The zero-order valence-electron chi connectivity index (χ0n) is 14.6. The van der Waals surface area contributed by atoms with Crippen molar-refractivity contribution < 1.29 is 9.47 Å². The van der Waals surface area contributed by atoms with Gasteiger partial charge in [0.1, 0.15) is 0 Å². The largest absolute Gasteiger partial charge is 0.493 e. The van der Waals surface area contributed by atoms with Gasteiger partial charge < -0.3 is 14.8 Å². The van der Waals surface area contributed by atoms with Crippen LogP contribution in [0.1, 0.15) is 52.5 Å². The van der Waals surface area contributed by atoms with Crippen molar-refractivity contribution in [3.63, 3.8) is 0 Å². The van der Waals surface area contributed by atoms with Crippen molar-refractivity contribution >= 4 is 0 Å². The van der Waals surface area contributed by atoms with Crippen molar-refractivity contribution in [3.8, 4) is 11.5 Å². The van der Waals surface area contributed by atoms with Crippen LogP contribution in [0.2, 0.25) is 0 Å². The van der Waals surface area contributed by atoms with Crippen LogP contribution in [0, 0.1) is 5.92 Å². The van der Waals surface area contributed by atoms with E-state index in [2.05, 4.69) is 52.1 Å². The lowest BCUT2D eigenvalue weighted by molar-refractivity contribution is 0.345. The second kappa shape index (κ2) is 7.69. The first-order valence-electron chi connectivity index (χ1n) is 7.79. The number of methoxy groups -OCH3 is 2. The fraction of sp³-hybridized carbons (Fsp3) is 0.667. The van der Waals surface area contributed by atoms with E-state index in [1.165, 1.54) is 5.56 Å². The molecule has 1 rings (SSSR count). The molecule has 1 aromatic rings. The summed E-state index contributed by atoms with van der Waals surface area (Å²) in [6.07, 6.45) is 1.16. The number of hydrogen-bond donors (Lipinski definition) is 1. The Labute approximate surface area is 130 Å². The Morgan fingerprint density at radius 1 is 1.10 bits per heavy atom. The zero-order chi connectivity index (χ0) is 16.0. The van der Waals surface area contributed by atoms with Crippen LogP contribution in [0.15, 0.2) is 18.2 Å². The molecule has 0 bridgehead atoms. The van der Waals surface area contributed by atoms with Gasteiger partial charge in [-0.3, -0.25) is 0 Å². The molecule has 2 atom stereocenters. The molecule has 21 heavy (non-hydrogen) atoms. The van der Waals surface area contributed by atoms with E-state index in [0.29, 0.717) is 11.8 Å². The Hall–Kier alpha value is -1.22. The Morgan fingerprint density at radius 3 is 2.19 bits per heavy atom. The summed E-state index contributed by atoms with van der Waals surface area (Å²) in [5, 5.41) is 3.63. The van der Waals surface area contributed by atoms with Gasteiger partial charge in [0.25, 0.3) is 0 Å². The number of benzene rings is 1. The number of hydrogen-bond acceptors (Lipinski definition) is 3. The van der Waals surface area contributed by atoms with Gasteiger partial charge >= 0.3 is 0 Å². The van der Waals surface area contributed by atoms with Gasteiger partial charge in [-0.2, -0.15) is 0 Å². The summed E-state index contributed by atoms with van der Waals surface area (Å²) < 4.78 is 10.8. The van der Waals surface area contributed by atoms with Gasteiger partial charge in [0.05, 0.1) is 14.2 Å². The summed E-state index contributed by atoms with van der Waals surface area (Å²) >= 11 is 0. The van der Waals surface area contributed by atoms with Gasteiger partial charge in [-0.25, -0.2) is 0 Å². The number of ether oxygens (including phenoxy) is 2. The summed E-state index contributed by atoms with van der Waals surface area (Å²) in [5.74, 6) is 2.67. The van der Waals surface area contributed by atoms with Crippen LogP contribution in [-0.2, 0) is 0 Å². The first-order chi connectivity index (χ1) is 9.82. The summed E-state index contributed by atoms with van der Waals surface area (Å²) in [5.41, 5.74) is 1.43. The maximum Gasteiger partial charge on any atom is 0.160 e. The highest BCUT2D eigenvalue weighted by molar-refractivity contribution is 5.44. The Bertz CT molecular complexity index is 437. The average Bonchev–Trinajstić information content (AvgIpc) is 2.45. The van der Waals surface area contributed by atoms with E-state index in [-0.39, 0.29) is 5.54 Å². The minimum atomic E-state index is 0.127. The van der Waals surface area contributed by atoms with Crippen LogP contribution in [0.3, 0.4) is 0 Å². The molecule has 0 heterocycles. The summed E-state index contributed by atoms with van der Waals surface area (Å²) in [7, 11) is 3.36. The molecule has 1 N–H and O–H groups in total. The molecule has 0 saturated carbocycles. The quantitative estimate of drug-likeness (QED) is 0.816. The first-order valence-corrected chi connectivity index (χ1v) is 7.79. The van der Waals surface area contributed by atoms with Crippen molar-refractivity contribution in [2.24, 2.45) is 5.92 Å². The van der Waals surface area contributed by atoms with Crippen molar-refractivity contribution in [3.05, 3.63) is 23.8 Å². The monoisotopic (exact) mass is 293 g/mol. The van der Waals surface area contributed by atoms with Gasteiger partial charge in [0.15, 0.2) is 11.5 Å². The lowest BCUT2D eigenvalue weighted by Crippen LogP contribution is -2.39. The first kappa shape index (κ1) is 17.8. The molecule has 0 saturated heterocycles. The molecular formula is C18H31NO2. The molecule has 0 radical (unpaired) electrons. The summed E-state index contributed by atoms with van der Waals surface area (Å²) in [6.45, 7) is 12.1. The van der Waals surface area contributed by atoms with E-state index >= 15 is 0 Å². The third-order valence-corrected chi connectivity index (χ3v) is 4.02. The smallest absolute Gasteiger partial charge is 0.160 e. The highest BCUT2D eigenvalue weighted by Crippen LogP contribution is 2.34. The van der Waals surface area contributed by atoms with E-state index in [1.807, 2.05) is 6.07 Å². The molecule has 0 aliphatic rings. The van der Waals surface area contributed by atoms with E-state index in [1.54, 1.807) is 14.2 Å². The van der Waals surface area contributed by atoms with Crippen molar-refractivity contribution in [2.45, 2.75) is 52.5 Å². The van der Waals surface area contributed by atoms with Gasteiger partial charge in [-0.1, -0.05) is 26.3 Å². The fourth-order valence-corrected chi connectivity index (χ4v) is 2.43. The highest BCUT2D eigenvalue weighted by Gasteiger charge is 2.21. The molecule has 0 aliphatic carbocycles. The van der Waals surface area contributed by atoms with Crippen LogP contribution in [-0.4, -0.2) is 26.3 Å². The average molecular weight is 293 g/mol. The Morgan fingerprint density at radius 2 is 1.71 bits per heavy atom. The molecule has 3 heteroatoms. The van der Waals surface area contributed by atoms with E-state index < -0.39 is 0 Å². The van der Waals surface area contributed by atoms with Crippen LogP contribution in [0.25, 0.3) is 0 Å². The molecule has 0 spiro atoms. The molecule has 3 nitrogen and oxygen atoms in total. The Kier molecular flexibility index (Phi) is 6.53. The number of rotatable bonds is 7. The predicted molar refractivity (Wildman–Crippen MR) is 89.5 cm³/mol. The second-order valence-corrected chi connectivity index (χ2v) is 6.74. The maximum absolute atomic E-state index is 5.44. The van der Waals surface area contributed by atoms with Gasteiger partial charge in [0.2, 0.25) is 0 Å². The van der Waals surface area contributed by atoms with E-state index in [4.69, 9.17) is 9.47 Å². The van der Waals surface area contributed by atoms with Gasteiger partial charge in [-0.15, -0.1) is 0 Å². The standard InChI is InChI=1S/C18H31NO2/c1-8-13(2)15(12-19-18(3,4)5)14-9-10-16(20-6)17(11-14)21-7/h9-11,13,15,19H,8,12H2,1-7H3. The summed E-state index contributed by atoms with van der Waals surface area (Å²) in [4.78, 5) is 0. The van der Waals surface area contributed by atoms with Crippen LogP contribution in [0.4, 0.5) is 0 Å². The molecule has 120 valence electrons. The van der Waals surface area contributed by atoms with Gasteiger partial charge in [-0.05, 0) is 50.3 Å². The molecule has 0 aromatic heterocycles. The fourth-order valence-electron chi connectivity index (χ4n) is 2.43. The zero-order valence-corrected chi connectivity index (χ0v) is 14.6. The molecule has 0 aliphatic heterocycles. The van der Waals surface area contributed by atoms with Crippen LogP contribution in [0.5, 0.6) is 11.5 Å². The molecule has 0 amide bonds. The molecule has 2 unspecified atom stereocenters. The van der Waals surface area contributed by atoms with Crippen molar-refractivity contribution in [2.75, 3.05) is 20.8 Å². The third kappa shape index (κ3) is 5.24. The minimum Gasteiger partial charge on any atom is -0.493 e. The van der Waals surface area contributed by atoms with Crippen molar-refractivity contribution in [1.29, 1.82) is 0 Å². The minimum absolute atomic E-state index is 0.127. The SMILES string of the molecule is CCC(C)C(CNC(C)(C)C)c1ccc(OC)c(OC)c1. The highest BCUT2D eigenvalue weighted by atomic mass is 16.5.